The van der Waals surface area contributed by atoms with Crippen molar-refractivity contribution in [2.24, 2.45) is 0 Å². The van der Waals surface area contributed by atoms with Crippen LogP contribution in [0.2, 0.25) is 0 Å². The van der Waals surface area contributed by atoms with Crippen LogP contribution in [-0.2, 0) is 6.42 Å². The first-order valence-corrected chi connectivity index (χ1v) is 4.88. The summed E-state index contributed by atoms with van der Waals surface area (Å²) in [6, 6.07) is 8.59. The summed E-state index contributed by atoms with van der Waals surface area (Å²) < 4.78 is 2.29. The van der Waals surface area contributed by atoms with Crippen molar-refractivity contribution in [1.82, 2.24) is 4.40 Å². The van der Waals surface area contributed by atoms with Crippen molar-refractivity contribution in [1.29, 1.82) is 0 Å². The van der Waals surface area contributed by atoms with Crippen LogP contribution in [0.25, 0.3) is 5.52 Å². The summed E-state index contributed by atoms with van der Waals surface area (Å²) in [7, 11) is 0. The van der Waals surface area contributed by atoms with E-state index < -0.39 is 0 Å². The lowest BCUT2D eigenvalue weighted by Crippen LogP contribution is -1.92. The van der Waals surface area contributed by atoms with E-state index in [-0.39, 0.29) is 0 Å². The lowest BCUT2D eigenvalue weighted by molar-refractivity contribution is 0.859. The van der Waals surface area contributed by atoms with Crippen LogP contribution in [0.3, 0.4) is 0 Å². The molecule has 1 nitrogen and oxygen atoms in total. The Morgan fingerprint density at radius 2 is 2.15 bits per heavy atom. The van der Waals surface area contributed by atoms with E-state index in [4.69, 9.17) is 0 Å². The van der Waals surface area contributed by atoms with Gasteiger partial charge in [-0.3, -0.25) is 0 Å². The third-order valence-electron chi connectivity index (χ3n) is 2.49. The van der Waals surface area contributed by atoms with Gasteiger partial charge in [-0.05, 0) is 37.1 Å². The van der Waals surface area contributed by atoms with Crippen molar-refractivity contribution >= 4 is 5.52 Å². The average molecular weight is 173 g/mol. The fourth-order valence-electron chi connectivity index (χ4n) is 1.87. The molecule has 2 heterocycles. The third-order valence-corrected chi connectivity index (χ3v) is 2.49. The Kier molecular flexibility index (Phi) is 2.09. The van der Waals surface area contributed by atoms with E-state index in [1.54, 1.807) is 0 Å². The van der Waals surface area contributed by atoms with E-state index in [0.29, 0.717) is 0 Å². The first kappa shape index (κ1) is 8.36. The number of fused-ring (bicyclic) bond motifs is 1. The van der Waals surface area contributed by atoms with Crippen LogP contribution in [0.4, 0.5) is 0 Å². The largest absolute Gasteiger partial charge is 0.321 e. The van der Waals surface area contributed by atoms with Gasteiger partial charge in [-0.1, -0.05) is 19.4 Å². The van der Waals surface area contributed by atoms with Gasteiger partial charge in [0.1, 0.15) is 0 Å². The molecular formula is C12H15N. The molecule has 0 aromatic carbocycles. The lowest BCUT2D eigenvalue weighted by Gasteiger charge is -2.01. The molecule has 1 heteroatoms. The predicted molar refractivity (Wildman–Crippen MR) is 56.1 cm³/mol. The van der Waals surface area contributed by atoms with Gasteiger partial charge < -0.3 is 4.40 Å². The minimum atomic E-state index is 1.17. The van der Waals surface area contributed by atoms with Crippen LogP contribution < -0.4 is 0 Å². The molecule has 2 rings (SSSR count). The van der Waals surface area contributed by atoms with Gasteiger partial charge in [0.15, 0.2) is 0 Å². The number of hydrogen-bond donors (Lipinski definition) is 0. The third kappa shape index (κ3) is 1.35. The molecule has 0 saturated carbocycles. The van der Waals surface area contributed by atoms with Crippen molar-refractivity contribution in [2.75, 3.05) is 0 Å². The smallest absolute Gasteiger partial charge is 0.0455 e. The fourth-order valence-corrected chi connectivity index (χ4v) is 1.87. The number of hydrogen-bond acceptors (Lipinski definition) is 0. The van der Waals surface area contributed by atoms with Gasteiger partial charge in [-0.25, -0.2) is 0 Å². The first-order chi connectivity index (χ1) is 6.33. The Balaban J connectivity index is 2.64. The van der Waals surface area contributed by atoms with E-state index in [1.165, 1.54) is 29.6 Å². The van der Waals surface area contributed by atoms with Crippen molar-refractivity contribution < 1.29 is 0 Å². The summed E-state index contributed by atoms with van der Waals surface area (Å²) in [4.78, 5) is 0. The molecule has 0 N–H and O–H groups in total. The molecule has 0 amide bonds. The minimum Gasteiger partial charge on any atom is -0.321 e. The molecule has 0 bridgehead atoms. The van der Waals surface area contributed by atoms with Crippen LogP contribution in [0.5, 0.6) is 0 Å². The molecule has 0 aliphatic carbocycles. The second-order valence-electron chi connectivity index (χ2n) is 3.52. The first-order valence-electron chi connectivity index (χ1n) is 4.88. The normalized spacial score (nSPS) is 10.9. The molecule has 0 radical (unpaired) electrons. The van der Waals surface area contributed by atoms with Gasteiger partial charge in [0.25, 0.3) is 0 Å². The molecule has 2 aromatic rings. The van der Waals surface area contributed by atoms with Crippen LogP contribution in [-0.4, -0.2) is 4.40 Å². The van der Waals surface area contributed by atoms with Crippen LogP contribution in [0, 0.1) is 6.92 Å². The Labute approximate surface area is 79.0 Å². The van der Waals surface area contributed by atoms with Crippen LogP contribution >= 0.6 is 0 Å². The molecule has 0 aliphatic rings. The maximum Gasteiger partial charge on any atom is 0.0455 e. The van der Waals surface area contributed by atoms with Gasteiger partial charge in [-0.2, -0.15) is 0 Å². The zero-order chi connectivity index (χ0) is 9.26. The average Bonchev–Trinajstić information content (AvgIpc) is 2.44. The Bertz CT molecular complexity index is 412. The standard InChI is InChI=1S/C12H15N/c1-3-6-12-10(2)9-11-7-4-5-8-13(11)12/h4-5,7-9H,3,6H2,1-2H3. The fraction of sp³-hybridized carbons (Fsp3) is 0.333. The topological polar surface area (TPSA) is 4.41 Å². The molecule has 13 heavy (non-hydrogen) atoms. The highest BCUT2D eigenvalue weighted by Crippen LogP contribution is 2.16. The number of aromatic nitrogens is 1. The maximum atomic E-state index is 2.29. The molecule has 0 aliphatic heterocycles. The van der Waals surface area contributed by atoms with Crippen molar-refractivity contribution in [3.63, 3.8) is 0 Å². The SMILES string of the molecule is CCCc1c(C)cc2ccccn12. The monoisotopic (exact) mass is 173 g/mol. The maximum absolute atomic E-state index is 2.29. The quantitative estimate of drug-likeness (QED) is 0.657. The summed E-state index contributed by atoms with van der Waals surface area (Å²) in [5.41, 5.74) is 4.18. The van der Waals surface area contributed by atoms with Gasteiger partial charge in [0, 0.05) is 17.4 Å². The Morgan fingerprint density at radius 1 is 1.31 bits per heavy atom. The number of pyridine rings is 1. The summed E-state index contributed by atoms with van der Waals surface area (Å²) in [6.45, 7) is 4.42. The van der Waals surface area contributed by atoms with E-state index in [2.05, 4.69) is 48.7 Å². The van der Waals surface area contributed by atoms with Gasteiger partial charge >= 0.3 is 0 Å². The molecular weight excluding hydrogens is 158 g/mol. The zero-order valence-electron chi connectivity index (χ0n) is 8.25. The molecule has 0 unspecified atom stereocenters. The molecule has 0 fully saturated rings. The van der Waals surface area contributed by atoms with Crippen molar-refractivity contribution in [2.45, 2.75) is 26.7 Å². The second kappa shape index (κ2) is 3.25. The highest BCUT2D eigenvalue weighted by Gasteiger charge is 2.03. The van der Waals surface area contributed by atoms with Crippen LogP contribution in [0.1, 0.15) is 24.6 Å². The van der Waals surface area contributed by atoms with Crippen molar-refractivity contribution in [3.8, 4) is 0 Å². The van der Waals surface area contributed by atoms with Gasteiger partial charge in [0.2, 0.25) is 0 Å². The highest BCUT2D eigenvalue weighted by atomic mass is 14.9. The molecule has 2 aromatic heterocycles. The van der Waals surface area contributed by atoms with E-state index >= 15 is 0 Å². The Hall–Kier alpha value is -1.24. The minimum absolute atomic E-state index is 1.17. The number of nitrogens with zero attached hydrogens (tertiary/aromatic N) is 1. The summed E-state index contributed by atoms with van der Waals surface area (Å²) in [6.07, 6.45) is 4.53. The Morgan fingerprint density at radius 3 is 2.92 bits per heavy atom. The van der Waals surface area contributed by atoms with E-state index in [0.717, 1.165) is 0 Å². The van der Waals surface area contributed by atoms with E-state index in [9.17, 15) is 0 Å². The number of aryl methyl sites for hydroxylation is 2. The number of rotatable bonds is 2. The molecule has 0 saturated heterocycles. The summed E-state index contributed by atoms with van der Waals surface area (Å²) >= 11 is 0. The van der Waals surface area contributed by atoms with Crippen molar-refractivity contribution in [3.05, 3.63) is 41.7 Å². The van der Waals surface area contributed by atoms with E-state index in [1.807, 2.05) is 0 Å². The second-order valence-corrected chi connectivity index (χ2v) is 3.52. The molecule has 0 spiro atoms. The van der Waals surface area contributed by atoms with Crippen LogP contribution in [0.15, 0.2) is 30.5 Å². The van der Waals surface area contributed by atoms with Gasteiger partial charge in [0.05, 0.1) is 0 Å². The summed E-state index contributed by atoms with van der Waals surface area (Å²) in [5.74, 6) is 0. The molecule has 0 atom stereocenters. The lowest BCUT2D eigenvalue weighted by atomic mass is 10.2. The van der Waals surface area contributed by atoms with Gasteiger partial charge in [-0.15, -0.1) is 0 Å². The molecule has 68 valence electrons. The predicted octanol–water partition coefficient (Wildman–Crippen LogP) is 3.20. The highest BCUT2D eigenvalue weighted by molar-refractivity contribution is 5.53. The zero-order valence-corrected chi connectivity index (χ0v) is 8.25. The summed E-state index contributed by atoms with van der Waals surface area (Å²) in [5, 5.41) is 0.